The smallest absolute Gasteiger partial charge is 0.303 e. The largest absolute Gasteiger partial charge is 0.481 e. The van der Waals surface area contributed by atoms with Gasteiger partial charge in [-0.15, -0.1) is 0 Å². The van der Waals surface area contributed by atoms with E-state index in [0.29, 0.717) is 0 Å². The lowest BCUT2D eigenvalue weighted by Gasteiger charge is -2.02. The van der Waals surface area contributed by atoms with E-state index >= 15 is 0 Å². The minimum atomic E-state index is -0.698. The predicted molar refractivity (Wildman–Crippen MR) is 74.6 cm³/mol. The Balaban J connectivity index is 3.11. The van der Waals surface area contributed by atoms with Crippen LogP contribution >= 0.6 is 0 Å². The van der Waals surface area contributed by atoms with Gasteiger partial charge < -0.3 is 10.2 Å². The summed E-state index contributed by atoms with van der Waals surface area (Å²) < 4.78 is 0. The molecule has 18 heavy (non-hydrogen) atoms. The molecule has 0 aliphatic rings. The maximum atomic E-state index is 10.3. The number of hydrogen-bond acceptors (Lipinski definition) is 2. The Bertz CT molecular complexity index is 222. The standard InChI is InChI=1S/C15H28O3/c1-14(16)12-10-8-6-4-2-3-5-7-9-11-13-15(17)18/h3,5,14,16H,2,4,6-13H2,1H3,(H,17,18)/b5-3-. The van der Waals surface area contributed by atoms with Crippen molar-refractivity contribution < 1.29 is 15.0 Å². The fourth-order valence-electron chi connectivity index (χ4n) is 1.83. The molecule has 0 aliphatic heterocycles. The Hall–Kier alpha value is -0.830. The van der Waals surface area contributed by atoms with Crippen LogP contribution in [0.3, 0.4) is 0 Å². The van der Waals surface area contributed by atoms with Crippen molar-refractivity contribution in [2.45, 2.75) is 77.2 Å². The second kappa shape index (κ2) is 12.6. The van der Waals surface area contributed by atoms with Gasteiger partial charge in [-0.05, 0) is 45.4 Å². The van der Waals surface area contributed by atoms with Crippen molar-refractivity contribution in [1.82, 2.24) is 0 Å². The highest BCUT2D eigenvalue weighted by molar-refractivity contribution is 5.66. The molecule has 0 bridgehead atoms. The molecule has 0 aromatic rings. The molecule has 0 spiro atoms. The fraction of sp³-hybridized carbons (Fsp3) is 0.800. The monoisotopic (exact) mass is 256 g/mol. The molecule has 3 nitrogen and oxygen atoms in total. The van der Waals surface area contributed by atoms with Crippen LogP contribution in [0.5, 0.6) is 0 Å². The number of aliphatic hydroxyl groups excluding tert-OH is 1. The third-order valence-corrected chi connectivity index (χ3v) is 2.92. The molecule has 0 aromatic carbocycles. The van der Waals surface area contributed by atoms with Crippen molar-refractivity contribution in [2.75, 3.05) is 0 Å². The number of hydrogen-bond donors (Lipinski definition) is 2. The van der Waals surface area contributed by atoms with Gasteiger partial charge in [-0.1, -0.05) is 31.4 Å². The van der Waals surface area contributed by atoms with E-state index in [1.165, 1.54) is 19.3 Å². The summed E-state index contributed by atoms with van der Waals surface area (Å²) in [6, 6.07) is 0. The Labute approximate surface area is 111 Å². The van der Waals surface area contributed by atoms with Crippen molar-refractivity contribution in [3.63, 3.8) is 0 Å². The van der Waals surface area contributed by atoms with Crippen LogP contribution in [0.1, 0.15) is 71.1 Å². The van der Waals surface area contributed by atoms with E-state index in [0.717, 1.165) is 38.5 Å². The summed E-state index contributed by atoms with van der Waals surface area (Å²) in [6.45, 7) is 1.84. The van der Waals surface area contributed by atoms with Crippen LogP contribution in [-0.4, -0.2) is 22.3 Å². The minimum Gasteiger partial charge on any atom is -0.481 e. The average Bonchev–Trinajstić information content (AvgIpc) is 2.29. The Kier molecular flexibility index (Phi) is 12.0. The summed E-state index contributed by atoms with van der Waals surface area (Å²) in [5.41, 5.74) is 0. The van der Waals surface area contributed by atoms with E-state index in [1.807, 2.05) is 6.92 Å². The van der Waals surface area contributed by atoms with Crippen molar-refractivity contribution in [3.8, 4) is 0 Å². The SMILES string of the molecule is CC(O)CCCCCC/C=C\CCCCC(=O)O. The first-order chi connectivity index (χ1) is 8.63. The Morgan fingerprint density at radius 1 is 1.00 bits per heavy atom. The van der Waals surface area contributed by atoms with Crippen LogP contribution in [-0.2, 0) is 4.79 Å². The zero-order valence-corrected chi connectivity index (χ0v) is 11.6. The molecule has 0 saturated heterocycles. The predicted octanol–water partition coefficient (Wildman–Crippen LogP) is 3.91. The highest BCUT2D eigenvalue weighted by Gasteiger charge is 1.95. The number of unbranched alkanes of at least 4 members (excludes halogenated alkanes) is 6. The van der Waals surface area contributed by atoms with Gasteiger partial charge in [-0.3, -0.25) is 4.79 Å². The lowest BCUT2D eigenvalue weighted by molar-refractivity contribution is -0.137. The number of carbonyl (C=O) groups is 1. The highest BCUT2D eigenvalue weighted by Crippen LogP contribution is 2.08. The summed E-state index contributed by atoms with van der Waals surface area (Å²) in [5, 5.41) is 17.5. The van der Waals surface area contributed by atoms with E-state index in [1.54, 1.807) is 0 Å². The topological polar surface area (TPSA) is 57.5 Å². The van der Waals surface area contributed by atoms with Gasteiger partial charge in [0.2, 0.25) is 0 Å². The van der Waals surface area contributed by atoms with Gasteiger partial charge in [-0.25, -0.2) is 0 Å². The first-order valence-electron chi connectivity index (χ1n) is 7.17. The molecule has 1 unspecified atom stereocenters. The van der Waals surface area contributed by atoms with Crippen molar-refractivity contribution in [1.29, 1.82) is 0 Å². The number of allylic oxidation sites excluding steroid dienone is 2. The number of rotatable bonds is 12. The van der Waals surface area contributed by atoms with Gasteiger partial charge >= 0.3 is 5.97 Å². The molecule has 0 aliphatic carbocycles. The minimum absolute atomic E-state index is 0.157. The summed E-state index contributed by atoms with van der Waals surface area (Å²) in [7, 11) is 0. The molecule has 106 valence electrons. The van der Waals surface area contributed by atoms with Crippen molar-refractivity contribution in [3.05, 3.63) is 12.2 Å². The number of carboxylic acids is 1. The third kappa shape index (κ3) is 15.2. The summed E-state index contributed by atoms with van der Waals surface area (Å²) in [4.78, 5) is 10.3. The third-order valence-electron chi connectivity index (χ3n) is 2.92. The molecular formula is C15H28O3. The first kappa shape index (κ1) is 17.2. The van der Waals surface area contributed by atoms with Crippen LogP contribution in [0.2, 0.25) is 0 Å². The molecule has 3 heteroatoms. The van der Waals surface area contributed by atoms with Gasteiger partial charge in [0.05, 0.1) is 6.10 Å². The summed E-state index contributed by atoms with van der Waals surface area (Å²) in [5.74, 6) is -0.698. The molecule has 0 fully saturated rings. The molecule has 0 rings (SSSR count). The quantitative estimate of drug-likeness (QED) is 0.411. The summed E-state index contributed by atoms with van der Waals surface area (Å²) >= 11 is 0. The van der Waals surface area contributed by atoms with Crippen LogP contribution in [0.15, 0.2) is 12.2 Å². The van der Waals surface area contributed by atoms with Crippen LogP contribution < -0.4 is 0 Å². The van der Waals surface area contributed by atoms with Gasteiger partial charge in [0, 0.05) is 6.42 Å². The van der Waals surface area contributed by atoms with E-state index in [-0.39, 0.29) is 12.5 Å². The average molecular weight is 256 g/mol. The second-order valence-corrected chi connectivity index (χ2v) is 4.95. The molecular weight excluding hydrogens is 228 g/mol. The normalized spacial score (nSPS) is 13.0. The number of carboxylic acid groups (broad SMARTS) is 1. The van der Waals surface area contributed by atoms with E-state index < -0.39 is 5.97 Å². The lowest BCUT2D eigenvalue weighted by Crippen LogP contribution is -1.98. The first-order valence-corrected chi connectivity index (χ1v) is 7.17. The summed E-state index contributed by atoms with van der Waals surface area (Å²) in [6.07, 6.45) is 14.0. The molecule has 0 saturated carbocycles. The zero-order valence-electron chi connectivity index (χ0n) is 11.6. The van der Waals surface area contributed by atoms with Gasteiger partial charge in [0.15, 0.2) is 0 Å². The zero-order chi connectivity index (χ0) is 13.6. The number of aliphatic hydroxyl groups is 1. The highest BCUT2D eigenvalue weighted by atomic mass is 16.4. The van der Waals surface area contributed by atoms with Crippen LogP contribution in [0.4, 0.5) is 0 Å². The van der Waals surface area contributed by atoms with Gasteiger partial charge in [-0.2, -0.15) is 0 Å². The maximum Gasteiger partial charge on any atom is 0.303 e. The van der Waals surface area contributed by atoms with Crippen molar-refractivity contribution in [2.24, 2.45) is 0 Å². The van der Waals surface area contributed by atoms with E-state index in [9.17, 15) is 4.79 Å². The maximum absolute atomic E-state index is 10.3. The van der Waals surface area contributed by atoms with E-state index in [2.05, 4.69) is 12.2 Å². The Morgan fingerprint density at radius 3 is 2.11 bits per heavy atom. The number of aliphatic carboxylic acids is 1. The Morgan fingerprint density at radius 2 is 1.56 bits per heavy atom. The molecule has 2 N–H and O–H groups in total. The molecule has 0 heterocycles. The van der Waals surface area contributed by atoms with Gasteiger partial charge in [0.1, 0.15) is 0 Å². The van der Waals surface area contributed by atoms with Gasteiger partial charge in [0.25, 0.3) is 0 Å². The molecule has 0 radical (unpaired) electrons. The fourth-order valence-corrected chi connectivity index (χ4v) is 1.83. The molecule has 0 aromatic heterocycles. The lowest BCUT2D eigenvalue weighted by atomic mass is 10.1. The molecule has 0 amide bonds. The van der Waals surface area contributed by atoms with Crippen LogP contribution in [0, 0.1) is 0 Å². The van der Waals surface area contributed by atoms with E-state index in [4.69, 9.17) is 10.2 Å². The molecule has 1 atom stereocenters. The van der Waals surface area contributed by atoms with Crippen molar-refractivity contribution >= 4 is 5.97 Å². The second-order valence-electron chi connectivity index (χ2n) is 4.95. The van der Waals surface area contributed by atoms with Crippen LogP contribution in [0.25, 0.3) is 0 Å².